The van der Waals surface area contributed by atoms with Gasteiger partial charge in [-0.1, -0.05) is 0 Å². The van der Waals surface area contributed by atoms with E-state index in [1.165, 1.54) is 6.07 Å². The summed E-state index contributed by atoms with van der Waals surface area (Å²) >= 11 is 3.30. The molecule has 1 saturated carbocycles. The Kier molecular flexibility index (Phi) is 3.16. The quantitative estimate of drug-likeness (QED) is 0.933. The highest BCUT2D eigenvalue weighted by molar-refractivity contribution is 9.10. The third-order valence-corrected chi connectivity index (χ3v) is 3.94. The van der Waals surface area contributed by atoms with Crippen LogP contribution in [0, 0.1) is 0 Å². The normalized spacial score (nSPS) is 16.4. The number of nitrogens with one attached hydrogen (secondary N) is 1. The predicted octanol–water partition coefficient (Wildman–Crippen LogP) is 2.92. The molecule has 0 radical (unpaired) electrons. The van der Waals surface area contributed by atoms with E-state index in [0.29, 0.717) is 22.8 Å². The van der Waals surface area contributed by atoms with E-state index in [9.17, 15) is 13.6 Å². The third-order valence-electron chi connectivity index (χ3n) is 3.36. The summed E-state index contributed by atoms with van der Waals surface area (Å²) in [6.07, 6.45) is 1.24. The van der Waals surface area contributed by atoms with E-state index in [-0.39, 0.29) is 5.69 Å². The maximum Gasteiger partial charge on any atom is 0.270 e. The van der Waals surface area contributed by atoms with Crippen molar-refractivity contribution in [1.82, 2.24) is 15.3 Å². The number of hydrogen-bond donors (Lipinski definition) is 1. The fourth-order valence-electron chi connectivity index (χ4n) is 1.96. The topological polar surface area (TPSA) is 54.9 Å². The van der Waals surface area contributed by atoms with Crippen LogP contribution in [0.3, 0.4) is 0 Å². The van der Waals surface area contributed by atoms with Gasteiger partial charge in [-0.3, -0.25) is 9.78 Å². The summed E-state index contributed by atoms with van der Waals surface area (Å²) in [5, 5.41) is 3.15. The van der Waals surface area contributed by atoms with Gasteiger partial charge in [-0.05, 0) is 40.9 Å². The molecule has 0 atom stereocenters. The molecule has 104 valence electrons. The molecule has 1 N–H and O–H groups in total. The number of hydrogen-bond acceptors (Lipinski definition) is 3. The fraction of sp³-hybridized carbons (Fsp3) is 0.308. The Hall–Kier alpha value is -1.63. The van der Waals surface area contributed by atoms with Crippen LogP contribution in [0.4, 0.5) is 8.78 Å². The van der Waals surface area contributed by atoms with Gasteiger partial charge in [0.2, 0.25) is 0 Å². The molecule has 3 rings (SSSR count). The van der Waals surface area contributed by atoms with Gasteiger partial charge in [0.15, 0.2) is 0 Å². The van der Waals surface area contributed by atoms with Gasteiger partial charge in [0.25, 0.3) is 12.3 Å². The number of fused-ring (bicyclic) bond motifs is 1. The van der Waals surface area contributed by atoms with Crippen molar-refractivity contribution in [2.45, 2.75) is 24.8 Å². The first kappa shape index (κ1) is 13.4. The summed E-state index contributed by atoms with van der Waals surface area (Å²) < 4.78 is 26.3. The van der Waals surface area contributed by atoms with Crippen LogP contribution in [0.1, 0.15) is 23.3 Å². The summed E-state index contributed by atoms with van der Waals surface area (Å²) in [4.78, 5) is 20.2. The van der Waals surface area contributed by atoms with Crippen LogP contribution in [0.25, 0.3) is 10.9 Å². The molecule has 1 aliphatic carbocycles. The van der Waals surface area contributed by atoms with E-state index in [2.05, 4.69) is 31.2 Å². The van der Waals surface area contributed by atoms with Crippen LogP contribution in [0.5, 0.6) is 0 Å². The molecule has 0 saturated heterocycles. The number of amides is 1. The first-order valence-corrected chi connectivity index (χ1v) is 6.82. The second kappa shape index (κ2) is 4.73. The Labute approximate surface area is 121 Å². The summed E-state index contributed by atoms with van der Waals surface area (Å²) in [6, 6.07) is 3.20. The number of carbonyl (C=O) groups excluding carboxylic acids is 1. The lowest BCUT2D eigenvalue weighted by molar-refractivity contribution is 0.0677. The molecule has 0 bridgehead atoms. The number of halogens is 3. The summed E-state index contributed by atoms with van der Waals surface area (Å²) in [5.41, 5.74) is -0.658. The average molecular weight is 342 g/mol. The first-order valence-electron chi connectivity index (χ1n) is 6.03. The summed E-state index contributed by atoms with van der Waals surface area (Å²) in [7, 11) is 0. The van der Waals surface area contributed by atoms with Crippen LogP contribution in [-0.4, -0.2) is 27.8 Å². The van der Waals surface area contributed by atoms with Gasteiger partial charge in [0, 0.05) is 17.8 Å². The summed E-state index contributed by atoms with van der Waals surface area (Å²) in [6.45, 7) is 0. The molecule has 0 unspecified atom stereocenters. The van der Waals surface area contributed by atoms with Crippen molar-refractivity contribution in [3.8, 4) is 0 Å². The maximum absolute atomic E-state index is 12.8. The van der Waals surface area contributed by atoms with Crippen molar-refractivity contribution in [1.29, 1.82) is 0 Å². The minimum Gasteiger partial charge on any atom is -0.339 e. The molecular weight excluding hydrogens is 332 g/mol. The number of alkyl halides is 2. The maximum atomic E-state index is 12.8. The Bertz CT molecular complexity index is 688. The molecule has 2 heterocycles. The Morgan fingerprint density at radius 2 is 2.10 bits per heavy atom. The van der Waals surface area contributed by atoms with Gasteiger partial charge in [0.05, 0.1) is 9.99 Å². The lowest BCUT2D eigenvalue weighted by Gasteiger charge is -2.16. The zero-order valence-electron chi connectivity index (χ0n) is 10.2. The van der Waals surface area contributed by atoms with Crippen LogP contribution in [-0.2, 0) is 0 Å². The number of carbonyl (C=O) groups is 1. The van der Waals surface area contributed by atoms with Crippen LogP contribution in [0.15, 0.2) is 29.0 Å². The van der Waals surface area contributed by atoms with Gasteiger partial charge in [-0.15, -0.1) is 0 Å². The third kappa shape index (κ3) is 2.26. The van der Waals surface area contributed by atoms with E-state index >= 15 is 0 Å². The molecule has 20 heavy (non-hydrogen) atoms. The van der Waals surface area contributed by atoms with Crippen molar-refractivity contribution >= 4 is 32.7 Å². The highest BCUT2D eigenvalue weighted by Crippen LogP contribution is 2.41. The number of aromatic nitrogens is 2. The Morgan fingerprint density at radius 3 is 2.75 bits per heavy atom. The zero-order chi connectivity index (χ0) is 14.3. The van der Waals surface area contributed by atoms with Crippen LogP contribution < -0.4 is 5.32 Å². The molecule has 2 aromatic rings. The van der Waals surface area contributed by atoms with E-state index in [4.69, 9.17) is 0 Å². The molecule has 1 fully saturated rings. The van der Waals surface area contributed by atoms with Crippen molar-refractivity contribution in [2.24, 2.45) is 0 Å². The predicted molar refractivity (Wildman–Crippen MR) is 72.7 cm³/mol. The smallest absolute Gasteiger partial charge is 0.270 e. The minimum absolute atomic E-state index is 0.122. The van der Waals surface area contributed by atoms with Gasteiger partial charge in [0.1, 0.15) is 11.2 Å². The monoisotopic (exact) mass is 341 g/mol. The minimum atomic E-state index is -2.55. The van der Waals surface area contributed by atoms with Crippen molar-refractivity contribution < 1.29 is 13.6 Å². The molecule has 7 heteroatoms. The second-order valence-electron chi connectivity index (χ2n) is 4.80. The molecule has 0 aromatic carbocycles. The lowest BCUT2D eigenvalue weighted by atomic mass is 10.2. The molecule has 1 aliphatic rings. The molecule has 2 aromatic heterocycles. The van der Waals surface area contributed by atoms with Gasteiger partial charge in [-0.25, -0.2) is 13.8 Å². The van der Waals surface area contributed by atoms with Crippen molar-refractivity contribution in [3.63, 3.8) is 0 Å². The second-order valence-corrected chi connectivity index (χ2v) is 5.65. The van der Waals surface area contributed by atoms with Gasteiger partial charge in [-0.2, -0.15) is 0 Å². The van der Waals surface area contributed by atoms with E-state index in [0.717, 1.165) is 5.39 Å². The fourth-order valence-corrected chi connectivity index (χ4v) is 2.39. The standard InChI is InChI=1S/C13H10BrF2N3O/c14-8-6-17-5-7-1-2-9(18-10(7)8)11(20)19-13(3-4-13)12(15)16/h1-2,5-6,12H,3-4H2,(H,19,20). The largest absolute Gasteiger partial charge is 0.339 e. The molecular formula is C13H10BrF2N3O. The molecule has 0 aliphatic heterocycles. The molecule has 1 amide bonds. The number of nitrogens with zero attached hydrogens (tertiary/aromatic N) is 2. The van der Waals surface area contributed by atoms with Crippen molar-refractivity contribution in [3.05, 3.63) is 34.7 Å². The lowest BCUT2D eigenvalue weighted by Crippen LogP contribution is -2.42. The van der Waals surface area contributed by atoms with Gasteiger partial charge >= 0.3 is 0 Å². The van der Waals surface area contributed by atoms with Gasteiger partial charge < -0.3 is 5.32 Å². The molecule has 4 nitrogen and oxygen atoms in total. The van der Waals surface area contributed by atoms with E-state index < -0.39 is 17.9 Å². The van der Waals surface area contributed by atoms with Crippen LogP contribution >= 0.6 is 15.9 Å². The summed E-state index contributed by atoms with van der Waals surface area (Å²) in [5.74, 6) is -0.576. The number of rotatable bonds is 3. The number of pyridine rings is 2. The highest BCUT2D eigenvalue weighted by atomic mass is 79.9. The zero-order valence-corrected chi connectivity index (χ0v) is 11.8. The van der Waals surface area contributed by atoms with E-state index in [1.807, 2.05) is 0 Å². The highest BCUT2D eigenvalue weighted by Gasteiger charge is 2.52. The Balaban J connectivity index is 1.91. The molecule has 0 spiro atoms. The average Bonchev–Trinajstić information content (AvgIpc) is 3.20. The van der Waals surface area contributed by atoms with Crippen LogP contribution in [0.2, 0.25) is 0 Å². The van der Waals surface area contributed by atoms with Crippen molar-refractivity contribution in [2.75, 3.05) is 0 Å². The SMILES string of the molecule is O=C(NC1(C(F)F)CC1)c1ccc2cncc(Br)c2n1. The first-order chi connectivity index (χ1) is 9.52. The van der Waals surface area contributed by atoms with E-state index in [1.54, 1.807) is 18.5 Å². The Morgan fingerprint density at radius 1 is 1.35 bits per heavy atom.